The van der Waals surface area contributed by atoms with Crippen molar-refractivity contribution in [3.05, 3.63) is 0 Å². The first-order chi connectivity index (χ1) is 8.34. The highest BCUT2D eigenvalue weighted by atomic mass is 16.2. The van der Waals surface area contributed by atoms with Crippen LogP contribution in [-0.2, 0) is 4.79 Å². The number of rotatable bonds is 6. The minimum atomic E-state index is -0.170. The molecule has 1 saturated heterocycles. The van der Waals surface area contributed by atoms with Crippen molar-refractivity contribution in [3.8, 4) is 0 Å². The van der Waals surface area contributed by atoms with Crippen molar-refractivity contribution in [1.82, 2.24) is 15.5 Å². The fourth-order valence-electron chi connectivity index (χ4n) is 2.39. The van der Waals surface area contributed by atoms with Crippen LogP contribution in [0.1, 0.15) is 40.0 Å². The SMILES string of the molecule is CCCC1(C(=O)NCC(C)(C)N(C)C)CCNC1. The average molecular weight is 255 g/mol. The van der Waals surface area contributed by atoms with Gasteiger partial charge in [-0.05, 0) is 47.3 Å². The van der Waals surface area contributed by atoms with E-state index in [0.717, 1.165) is 32.4 Å². The zero-order chi connectivity index (χ0) is 13.8. The summed E-state index contributed by atoms with van der Waals surface area (Å²) in [5.74, 6) is 0.226. The van der Waals surface area contributed by atoms with Crippen LogP contribution in [0, 0.1) is 5.41 Å². The van der Waals surface area contributed by atoms with Crippen LogP contribution in [0.25, 0.3) is 0 Å². The second-order valence-electron chi connectivity index (χ2n) is 6.35. The Labute approximate surface area is 111 Å². The average Bonchev–Trinajstić information content (AvgIpc) is 2.76. The summed E-state index contributed by atoms with van der Waals surface area (Å²) < 4.78 is 0. The van der Waals surface area contributed by atoms with Gasteiger partial charge in [-0.1, -0.05) is 13.3 Å². The van der Waals surface area contributed by atoms with Crippen molar-refractivity contribution in [1.29, 1.82) is 0 Å². The van der Waals surface area contributed by atoms with E-state index in [1.54, 1.807) is 0 Å². The van der Waals surface area contributed by atoms with E-state index in [0.29, 0.717) is 6.54 Å². The van der Waals surface area contributed by atoms with Gasteiger partial charge in [0.15, 0.2) is 0 Å². The largest absolute Gasteiger partial charge is 0.354 e. The molecule has 0 bridgehead atoms. The second-order valence-corrected chi connectivity index (χ2v) is 6.35. The lowest BCUT2D eigenvalue weighted by Crippen LogP contribution is -2.52. The van der Waals surface area contributed by atoms with Crippen LogP contribution < -0.4 is 10.6 Å². The molecule has 1 aliphatic rings. The van der Waals surface area contributed by atoms with E-state index in [-0.39, 0.29) is 16.9 Å². The molecule has 4 nitrogen and oxygen atoms in total. The fraction of sp³-hybridized carbons (Fsp3) is 0.929. The molecule has 1 atom stereocenters. The first-order valence-corrected chi connectivity index (χ1v) is 7.00. The molecular formula is C14H29N3O. The van der Waals surface area contributed by atoms with E-state index in [9.17, 15) is 4.79 Å². The summed E-state index contributed by atoms with van der Waals surface area (Å²) in [6.07, 6.45) is 3.01. The molecular weight excluding hydrogens is 226 g/mol. The Kier molecular flexibility index (Phi) is 5.17. The third kappa shape index (κ3) is 3.45. The molecule has 0 spiro atoms. The number of carbonyl (C=O) groups excluding carboxylic acids is 1. The molecule has 1 fully saturated rings. The van der Waals surface area contributed by atoms with Gasteiger partial charge in [0.2, 0.25) is 5.91 Å². The Bertz CT molecular complexity index is 281. The van der Waals surface area contributed by atoms with Crippen molar-refractivity contribution in [2.45, 2.75) is 45.6 Å². The molecule has 18 heavy (non-hydrogen) atoms. The molecule has 0 aromatic carbocycles. The van der Waals surface area contributed by atoms with Crippen LogP contribution in [-0.4, -0.2) is 50.1 Å². The van der Waals surface area contributed by atoms with Crippen molar-refractivity contribution in [3.63, 3.8) is 0 Å². The molecule has 1 aliphatic heterocycles. The van der Waals surface area contributed by atoms with Gasteiger partial charge in [-0.25, -0.2) is 0 Å². The van der Waals surface area contributed by atoms with E-state index in [4.69, 9.17) is 0 Å². The standard InChI is InChI=1S/C14H29N3O/c1-6-7-14(8-9-15-11-14)12(18)16-10-13(2,3)17(4)5/h15H,6-11H2,1-5H3,(H,16,18). The molecule has 0 aromatic rings. The summed E-state index contributed by atoms with van der Waals surface area (Å²) in [6.45, 7) is 8.93. The van der Waals surface area contributed by atoms with Gasteiger partial charge in [0.25, 0.3) is 0 Å². The van der Waals surface area contributed by atoms with Crippen LogP contribution in [0.15, 0.2) is 0 Å². The molecule has 0 aromatic heterocycles. The first-order valence-electron chi connectivity index (χ1n) is 7.00. The van der Waals surface area contributed by atoms with Crippen molar-refractivity contribution in [2.75, 3.05) is 33.7 Å². The highest BCUT2D eigenvalue weighted by molar-refractivity contribution is 5.83. The third-order valence-corrected chi connectivity index (χ3v) is 4.35. The molecule has 0 aliphatic carbocycles. The Morgan fingerprint density at radius 2 is 2.11 bits per heavy atom. The topological polar surface area (TPSA) is 44.4 Å². The number of nitrogens with zero attached hydrogens (tertiary/aromatic N) is 1. The Hall–Kier alpha value is -0.610. The highest BCUT2D eigenvalue weighted by Gasteiger charge is 2.40. The van der Waals surface area contributed by atoms with Crippen LogP contribution in [0.5, 0.6) is 0 Å². The van der Waals surface area contributed by atoms with Gasteiger partial charge < -0.3 is 15.5 Å². The van der Waals surface area contributed by atoms with Gasteiger partial charge in [-0.3, -0.25) is 4.79 Å². The van der Waals surface area contributed by atoms with E-state index in [1.165, 1.54) is 0 Å². The van der Waals surface area contributed by atoms with Gasteiger partial charge in [-0.2, -0.15) is 0 Å². The van der Waals surface area contributed by atoms with Gasteiger partial charge in [0, 0.05) is 18.6 Å². The quantitative estimate of drug-likeness (QED) is 0.750. The Morgan fingerprint density at radius 3 is 2.56 bits per heavy atom. The fourth-order valence-corrected chi connectivity index (χ4v) is 2.39. The number of carbonyl (C=O) groups is 1. The monoisotopic (exact) mass is 255 g/mol. The van der Waals surface area contributed by atoms with Crippen molar-refractivity contribution >= 4 is 5.91 Å². The lowest BCUT2D eigenvalue weighted by Gasteiger charge is -2.35. The molecule has 1 amide bonds. The Morgan fingerprint density at radius 1 is 1.44 bits per heavy atom. The van der Waals surface area contributed by atoms with E-state index >= 15 is 0 Å². The maximum absolute atomic E-state index is 12.5. The van der Waals surface area contributed by atoms with Gasteiger partial charge in [0.05, 0.1) is 5.41 Å². The van der Waals surface area contributed by atoms with Gasteiger partial charge in [-0.15, -0.1) is 0 Å². The Balaban J connectivity index is 2.58. The molecule has 4 heteroatoms. The summed E-state index contributed by atoms with van der Waals surface area (Å²) in [7, 11) is 4.09. The number of hydrogen-bond donors (Lipinski definition) is 2. The van der Waals surface area contributed by atoms with Crippen molar-refractivity contribution in [2.24, 2.45) is 5.41 Å². The molecule has 0 saturated carbocycles. The minimum Gasteiger partial charge on any atom is -0.354 e. The summed E-state index contributed by atoms with van der Waals surface area (Å²) in [6, 6.07) is 0. The molecule has 106 valence electrons. The molecule has 2 N–H and O–H groups in total. The molecule has 0 radical (unpaired) electrons. The first kappa shape index (κ1) is 15.4. The molecule has 1 heterocycles. The predicted molar refractivity (Wildman–Crippen MR) is 75.6 cm³/mol. The lowest BCUT2D eigenvalue weighted by molar-refractivity contribution is -0.131. The third-order valence-electron chi connectivity index (χ3n) is 4.35. The number of hydrogen-bond acceptors (Lipinski definition) is 3. The number of nitrogens with one attached hydrogen (secondary N) is 2. The second kappa shape index (κ2) is 6.02. The zero-order valence-corrected chi connectivity index (χ0v) is 12.6. The van der Waals surface area contributed by atoms with Gasteiger partial charge >= 0.3 is 0 Å². The number of amides is 1. The lowest BCUT2D eigenvalue weighted by atomic mass is 9.81. The summed E-state index contributed by atoms with van der Waals surface area (Å²) in [5.41, 5.74) is -0.174. The number of likely N-dealkylation sites (N-methyl/N-ethyl adjacent to an activating group) is 1. The summed E-state index contributed by atoms with van der Waals surface area (Å²) in [4.78, 5) is 14.6. The zero-order valence-electron chi connectivity index (χ0n) is 12.6. The highest BCUT2D eigenvalue weighted by Crippen LogP contribution is 2.31. The maximum Gasteiger partial charge on any atom is 0.227 e. The van der Waals surface area contributed by atoms with E-state index in [2.05, 4.69) is 36.3 Å². The predicted octanol–water partition coefficient (Wildman–Crippen LogP) is 1.22. The van der Waals surface area contributed by atoms with Crippen molar-refractivity contribution < 1.29 is 4.79 Å². The van der Waals surface area contributed by atoms with Gasteiger partial charge in [0.1, 0.15) is 0 Å². The summed E-state index contributed by atoms with van der Waals surface area (Å²) in [5, 5.41) is 6.48. The molecule has 1 rings (SSSR count). The molecule has 1 unspecified atom stereocenters. The van der Waals surface area contributed by atoms with Crippen LogP contribution >= 0.6 is 0 Å². The normalized spacial score (nSPS) is 24.6. The smallest absolute Gasteiger partial charge is 0.227 e. The van der Waals surface area contributed by atoms with E-state index < -0.39 is 0 Å². The minimum absolute atomic E-state index is 0.00486. The maximum atomic E-state index is 12.5. The van der Waals surface area contributed by atoms with E-state index in [1.807, 2.05) is 14.1 Å². The van der Waals surface area contributed by atoms with Crippen LogP contribution in [0.4, 0.5) is 0 Å². The summed E-state index contributed by atoms with van der Waals surface area (Å²) >= 11 is 0. The van der Waals surface area contributed by atoms with Crippen LogP contribution in [0.2, 0.25) is 0 Å². The van der Waals surface area contributed by atoms with Crippen LogP contribution in [0.3, 0.4) is 0 Å².